The summed E-state index contributed by atoms with van der Waals surface area (Å²) in [6.45, 7) is -0.0810. The van der Waals surface area contributed by atoms with Crippen LogP contribution >= 0.6 is 11.3 Å². The molecule has 0 spiro atoms. The van der Waals surface area contributed by atoms with Gasteiger partial charge in [0.15, 0.2) is 16.5 Å². The summed E-state index contributed by atoms with van der Waals surface area (Å²) in [4.78, 5) is 4.17. The molecule has 0 atom stereocenters. The number of aliphatic hydroxyl groups excluding tert-OH is 1. The van der Waals surface area contributed by atoms with Gasteiger partial charge in [-0.05, 0) is 18.1 Å². The normalized spacial score (nSPS) is 9.71. The Labute approximate surface area is 127 Å². The Morgan fingerprint density at radius 1 is 1.10 bits per heavy atom. The van der Waals surface area contributed by atoms with Crippen molar-refractivity contribution in [1.29, 1.82) is 0 Å². The first-order valence-corrected chi connectivity index (χ1v) is 6.97. The zero-order valence-electron chi connectivity index (χ0n) is 12.0. The van der Waals surface area contributed by atoms with Gasteiger partial charge in [0.2, 0.25) is 5.75 Å². The SMILES string of the molecule is COc1cc(C#Cc2nc(CO)cs2)cc(OC)c1OC. The largest absolute Gasteiger partial charge is 0.493 e. The Kier molecular flexibility index (Phi) is 5.04. The molecule has 5 nitrogen and oxygen atoms in total. The first-order chi connectivity index (χ1) is 10.2. The second-order valence-corrected chi connectivity index (χ2v) is 4.82. The topological polar surface area (TPSA) is 60.8 Å². The fourth-order valence-corrected chi connectivity index (χ4v) is 2.37. The number of hydrogen-bond acceptors (Lipinski definition) is 6. The lowest BCUT2D eigenvalue weighted by atomic mass is 10.2. The van der Waals surface area contributed by atoms with Crippen molar-refractivity contribution in [3.63, 3.8) is 0 Å². The van der Waals surface area contributed by atoms with Crippen molar-refractivity contribution in [2.75, 3.05) is 21.3 Å². The van der Waals surface area contributed by atoms with Crippen LogP contribution in [0.1, 0.15) is 16.3 Å². The molecule has 2 aromatic rings. The number of hydrogen-bond donors (Lipinski definition) is 1. The number of thiazole rings is 1. The van der Waals surface area contributed by atoms with Gasteiger partial charge in [-0.15, -0.1) is 11.3 Å². The highest BCUT2D eigenvalue weighted by Gasteiger charge is 2.12. The quantitative estimate of drug-likeness (QED) is 0.876. The van der Waals surface area contributed by atoms with Crippen LogP contribution in [0.5, 0.6) is 17.2 Å². The van der Waals surface area contributed by atoms with E-state index in [-0.39, 0.29) is 6.61 Å². The van der Waals surface area contributed by atoms with Gasteiger partial charge >= 0.3 is 0 Å². The minimum atomic E-state index is -0.0810. The summed E-state index contributed by atoms with van der Waals surface area (Å²) in [5.41, 5.74) is 1.35. The first kappa shape index (κ1) is 15.2. The lowest BCUT2D eigenvalue weighted by Gasteiger charge is -2.12. The summed E-state index contributed by atoms with van der Waals surface area (Å²) in [6, 6.07) is 3.55. The van der Waals surface area contributed by atoms with Crippen molar-refractivity contribution in [2.45, 2.75) is 6.61 Å². The van der Waals surface area contributed by atoms with Crippen LogP contribution in [0.3, 0.4) is 0 Å². The maximum atomic E-state index is 8.98. The van der Waals surface area contributed by atoms with Crippen molar-refractivity contribution in [2.24, 2.45) is 0 Å². The molecule has 6 heteroatoms. The summed E-state index contributed by atoms with van der Waals surface area (Å²) < 4.78 is 15.8. The molecule has 0 fully saturated rings. The molecular weight excluding hydrogens is 290 g/mol. The Hall–Kier alpha value is -2.23. The van der Waals surface area contributed by atoms with Gasteiger partial charge < -0.3 is 19.3 Å². The first-order valence-electron chi connectivity index (χ1n) is 6.09. The summed E-state index contributed by atoms with van der Waals surface area (Å²) >= 11 is 1.39. The molecule has 0 unspecified atom stereocenters. The van der Waals surface area contributed by atoms with Crippen LogP contribution in [0.25, 0.3) is 0 Å². The molecule has 0 aliphatic carbocycles. The second kappa shape index (κ2) is 6.97. The van der Waals surface area contributed by atoms with Gasteiger partial charge in [-0.2, -0.15) is 0 Å². The third-order valence-electron chi connectivity index (χ3n) is 2.69. The van der Waals surface area contributed by atoms with Crippen molar-refractivity contribution in [1.82, 2.24) is 4.98 Å². The average Bonchev–Trinajstić information content (AvgIpc) is 2.99. The molecule has 0 radical (unpaired) electrons. The predicted octanol–water partition coefficient (Wildman–Crippen LogP) is 2.06. The van der Waals surface area contributed by atoms with Crippen molar-refractivity contribution < 1.29 is 19.3 Å². The lowest BCUT2D eigenvalue weighted by Crippen LogP contribution is -1.95. The minimum Gasteiger partial charge on any atom is -0.493 e. The van der Waals surface area contributed by atoms with Crippen LogP contribution in [0.4, 0.5) is 0 Å². The lowest BCUT2D eigenvalue weighted by molar-refractivity contribution is 0.277. The zero-order valence-corrected chi connectivity index (χ0v) is 12.8. The molecule has 1 heterocycles. The highest BCUT2D eigenvalue weighted by atomic mass is 32.1. The molecule has 2 rings (SSSR count). The highest BCUT2D eigenvalue weighted by molar-refractivity contribution is 7.10. The number of rotatable bonds is 4. The van der Waals surface area contributed by atoms with Gasteiger partial charge in [0, 0.05) is 10.9 Å². The third kappa shape index (κ3) is 3.45. The second-order valence-electron chi connectivity index (χ2n) is 3.97. The Morgan fingerprint density at radius 2 is 1.76 bits per heavy atom. The summed E-state index contributed by atoms with van der Waals surface area (Å²) in [6.07, 6.45) is 0. The Bertz CT molecular complexity index is 659. The van der Waals surface area contributed by atoms with E-state index in [9.17, 15) is 0 Å². The maximum Gasteiger partial charge on any atom is 0.203 e. The fraction of sp³-hybridized carbons (Fsp3) is 0.267. The summed E-state index contributed by atoms with van der Waals surface area (Å²) in [5, 5.41) is 11.4. The molecule has 21 heavy (non-hydrogen) atoms. The number of aromatic nitrogens is 1. The Balaban J connectivity index is 2.36. The molecule has 1 aromatic carbocycles. The summed E-state index contributed by atoms with van der Waals surface area (Å²) in [5.74, 6) is 7.58. The Morgan fingerprint density at radius 3 is 2.24 bits per heavy atom. The molecule has 110 valence electrons. The van der Waals surface area contributed by atoms with E-state index in [2.05, 4.69) is 16.8 Å². The van der Waals surface area contributed by atoms with Crippen LogP contribution in [-0.2, 0) is 6.61 Å². The molecule has 1 aromatic heterocycles. The van der Waals surface area contributed by atoms with Gasteiger partial charge in [0.1, 0.15) is 0 Å². The van der Waals surface area contributed by atoms with Crippen LogP contribution in [-0.4, -0.2) is 31.4 Å². The zero-order chi connectivity index (χ0) is 15.2. The van der Waals surface area contributed by atoms with E-state index in [1.165, 1.54) is 11.3 Å². The van der Waals surface area contributed by atoms with Gasteiger partial charge in [0.25, 0.3) is 0 Å². The van der Waals surface area contributed by atoms with E-state index in [4.69, 9.17) is 19.3 Å². The van der Waals surface area contributed by atoms with E-state index < -0.39 is 0 Å². The molecular formula is C15H15NO4S. The number of ether oxygens (including phenoxy) is 3. The smallest absolute Gasteiger partial charge is 0.203 e. The standard InChI is InChI=1S/C15H15NO4S/c1-18-12-6-10(7-13(19-2)15(12)20-3)4-5-14-16-11(8-17)9-21-14/h6-7,9,17H,8H2,1-3H3. The molecule has 1 N–H and O–H groups in total. The maximum absolute atomic E-state index is 8.98. The van der Waals surface area contributed by atoms with Crippen LogP contribution < -0.4 is 14.2 Å². The van der Waals surface area contributed by atoms with E-state index in [1.807, 2.05) is 0 Å². The fourth-order valence-electron chi connectivity index (χ4n) is 1.72. The van der Waals surface area contributed by atoms with Gasteiger partial charge in [-0.25, -0.2) is 4.98 Å². The number of benzene rings is 1. The number of methoxy groups -OCH3 is 3. The third-order valence-corrected chi connectivity index (χ3v) is 3.50. The molecule has 0 saturated heterocycles. The van der Waals surface area contributed by atoms with E-state index in [0.29, 0.717) is 28.0 Å². The van der Waals surface area contributed by atoms with Gasteiger partial charge in [-0.3, -0.25) is 0 Å². The predicted molar refractivity (Wildman–Crippen MR) is 80.1 cm³/mol. The van der Waals surface area contributed by atoms with E-state index in [1.54, 1.807) is 38.8 Å². The van der Waals surface area contributed by atoms with Crippen LogP contribution in [0.2, 0.25) is 0 Å². The van der Waals surface area contributed by atoms with Crippen molar-refractivity contribution in [3.05, 3.63) is 33.8 Å². The van der Waals surface area contributed by atoms with Crippen LogP contribution in [0.15, 0.2) is 17.5 Å². The summed E-state index contributed by atoms with van der Waals surface area (Å²) in [7, 11) is 4.67. The van der Waals surface area contributed by atoms with Gasteiger partial charge in [-0.1, -0.05) is 5.92 Å². The van der Waals surface area contributed by atoms with Crippen molar-refractivity contribution >= 4 is 11.3 Å². The van der Waals surface area contributed by atoms with Crippen LogP contribution in [0, 0.1) is 11.8 Å². The molecule has 0 saturated carbocycles. The van der Waals surface area contributed by atoms with E-state index >= 15 is 0 Å². The average molecular weight is 305 g/mol. The highest BCUT2D eigenvalue weighted by Crippen LogP contribution is 2.37. The molecule has 0 aliphatic heterocycles. The number of nitrogens with zero attached hydrogens (tertiary/aromatic N) is 1. The molecule has 0 bridgehead atoms. The molecule has 0 amide bonds. The molecule has 0 aliphatic rings. The van der Waals surface area contributed by atoms with Crippen molar-refractivity contribution in [3.8, 4) is 29.1 Å². The minimum absolute atomic E-state index is 0.0810. The van der Waals surface area contributed by atoms with Gasteiger partial charge in [0.05, 0.1) is 33.6 Å². The monoisotopic (exact) mass is 305 g/mol. The number of aliphatic hydroxyl groups is 1. The van der Waals surface area contributed by atoms with E-state index in [0.717, 1.165) is 5.56 Å².